The topological polar surface area (TPSA) is 27.3 Å². The molecule has 0 amide bonds. The molecular formula is C7H11N3. The third-order valence-corrected chi connectivity index (χ3v) is 1.79. The van der Waals surface area contributed by atoms with Crippen LogP contribution in [0.15, 0.2) is 24.2 Å². The maximum absolute atomic E-state index is 3.25. The van der Waals surface area contributed by atoms with Crippen molar-refractivity contribution in [3.63, 3.8) is 0 Å². The van der Waals surface area contributed by atoms with Gasteiger partial charge in [0.25, 0.3) is 0 Å². The van der Waals surface area contributed by atoms with Crippen LogP contribution in [0.2, 0.25) is 0 Å². The summed E-state index contributed by atoms with van der Waals surface area (Å²) in [5.74, 6) is 0. The molecule has 0 fully saturated rings. The quantitative estimate of drug-likeness (QED) is 0.524. The summed E-state index contributed by atoms with van der Waals surface area (Å²) < 4.78 is 0. The van der Waals surface area contributed by atoms with Gasteiger partial charge in [-0.3, -0.25) is 0 Å². The largest absolute Gasteiger partial charge is 0.372 e. The maximum Gasteiger partial charge on any atom is 0.0913 e. The fraction of sp³-hybridized carbons (Fsp3) is 0.429. The first-order valence-corrected chi connectivity index (χ1v) is 3.53. The lowest BCUT2D eigenvalue weighted by atomic mass is 10.4. The molecular weight excluding hydrogens is 126 g/mol. The summed E-state index contributed by atoms with van der Waals surface area (Å²) in [6.07, 6.45) is 6.26. The van der Waals surface area contributed by atoms with Crippen molar-refractivity contribution in [2.45, 2.75) is 0 Å². The lowest BCUT2D eigenvalue weighted by Gasteiger charge is -2.14. The van der Waals surface area contributed by atoms with E-state index in [4.69, 9.17) is 0 Å². The highest BCUT2D eigenvalue weighted by Crippen LogP contribution is 2.08. The molecule has 2 rings (SSSR count). The fourth-order valence-corrected chi connectivity index (χ4v) is 1.22. The van der Waals surface area contributed by atoms with Crippen LogP contribution in [0.5, 0.6) is 0 Å². The SMILES string of the molecule is C1=CN(C2=CCNC2)CN1. The minimum Gasteiger partial charge on any atom is -0.372 e. The second-order valence-corrected chi connectivity index (χ2v) is 2.47. The first-order chi connectivity index (χ1) is 4.97. The maximum atomic E-state index is 3.25. The molecule has 0 aromatic heterocycles. The van der Waals surface area contributed by atoms with Gasteiger partial charge in [0.1, 0.15) is 0 Å². The molecule has 0 aliphatic carbocycles. The minimum atomic E-state index is 0.924. The van der Waals surface area contributed by atoms with Crippen LogP contribution in [0, 0.1) is 0 Å². The van der Waals surface area contributed by atoms with Gasteiger partial charge in [-0.05, 0) is 6.08 Å². The van der Waals surface area contributed by atoms with Crippen molar-refractivity contribution in [1.82, 2.24) is 15.5 Å². The molecule has 2 aliphatic rings. The molecule has 10 heavy (non-hydrogen) atoms. The summed E-state index contributed by atoms with van der Waals surface area (Å²) in [5.41, 5.74) is 1.38. The van der Waals surface area contributed by atoms with Gasteiger partial charge in [-0.1, -0.05) is 0 Å². The van der Waals surface area contributed by atoms with Crippen LogP contribution in [0.4, 0.5) is 0 Å². The highest BCUT2D eigenvalue weighted by molar-refractivity contribution is 5.14. The standard InChI is InChI=1S/C7H11N3/c1-2-8-5-7(1)10-4-3-9-6-10/h1,3-4,8-9H,2,5-6H2. The van der Waals surface area contributed by atoms with Gasteiger partial charge in [0, 0.05) is 31.2 Å². The molecule has 0 aromatic carbocycles. The van der Waals surface area contributed by atoms with Crippen LogP contribution < -0.4 is 10.6 Å². The lowest BCUT2D eigenvalue weighted by Crippen LogP contribution is -2.22. The van der Waals surface area contributed by atoms with Gasteiger partial charge in [0.05, 0.1) is 6.67 Å². The van der Waals surface area contributed by atoms with E-state index in [2.05, 4.69) is 27.8 Å². The molecule has 3 nitrogen and oxygen atoms in total. The van der Waals surface area contributed by atoms with Crippen LogP contribution in [-0.2, 0) is 0 Å². The summed E-state index contributed by atoms with van der Waals surface area (Å²) in [4.78, 5) is 2.21. The van der Waals surface area contributed by atoms with Crippen molar-refractivity contribution >= 4 is 0 Å². The molecule has 54 valence electrons. The molecule has 0 radical (unpaired) electrons. The Kier molecular flexibility index (Phi) is 1.36. The van der Waals surface area contributed by atoms with Gasteiger partial charge in [-0.2, -0.15) is 0 Å². The van der Waals surface area contributed by atoms with Crippen molar-refractivity contribution in [1.29, 1.82) is 0 Å². The second-order valence-electron chi connectivity index (χ2n) is 2.47. The summed E-state index contributed by atoms with van der Waals surface area (Å²) >= 11 is 0. The van der Waals surface area contributed by atoms with Crippen LogP contribution in [-0.4, -0.2) is 24.7 Å². The number of hydrogen-bond acceptors (Lipinski definition) is 3. The Morgan fingerprint density at radius 2 is 2.50 bits per heavy atom. The van der Waals surface area contributed by atoms with E-state index in [1.165, 1.54) is 5.70 Å². The highest BCUT2D eigenvalue weighted by Gasteiger charge is 2.11. The van der Waals surface area contributed by atoms with Crippen molar-refractivity contribution in [3.8, 4) is 0 Å². The molecule has 0 aromatic rings. The zero-order chi connectivity index (χ0) is 6.81. The molecule has 3 heteroatoms. The van der Waals surface area contributed by atoms with Crippen molar-refractivity contribution in [2.75, 3.05) is 19.8 Å². The van der Waals surface area contributed by atoms with E-state index >= 15 is 0 Å². The lowest BCUT2D eigenvalue weighted by molar-refractivity contribution is 0.474. The number of hydrogen-bond donors (Lipinski definition) is 2. The Labute approximate surface area is 60.4 Å². The predicted octanol–water partition coefficient (Wildman–Crippen LogP) is -0.193. The second kappa shape index (κ2) is 2.34. The van der Waals surface area contributed by atoms with Crippen molar-refractivity contribution in [2.24, 2.45) is 0 Å². The average molecular weight is 137 g/mol. The Morgan fingerprint density at radius 3 is 3.10 bits per heavy atom. The van der Waals surface area contributed by atoms with E-state index in [0.717, 1.165) is 19.8 Å². The summed E-state index contributed by atoms with van der Waals surface area (Å²) in [6, 6.07) is 0. The molecule has 2 N–H and O–H groups in total. The Hall–Kier alpha value is -0.960. The van der Waals surface area contributed by atoms with E-state index in [9.17, 15) is 0 Å². The summed E-state index contributed by atoms with van der Waals surface area (Å²) in [5, 5.41) is 6.38. The number of rotatable bonds is 1. The van der Waals surface area contributed by atoms with Gasteiger partial charge in [-0.25, -0.2) is 0 Å². The van der Waals surface area contributed by atoms with E-state index in [1.807, 2.05) is 6.20 Å². The summed E-state index contributed by atoms with van der Waals surface area (Å²) in [7, 11) is 0. The molecule has 0 bridgehead atoms. The molecule has 0 saturated heterocycles. The van der Waals surface area contributed by atoms with Crippen LogP contribution in [0.1, 0.15) is 0 Å². The van der Waals surface area contributed by atoms with Crippen LogP contribution >= 0.6 is 0 Å². The normalized spacial score (nSPS) is 23.2. The number of nitrogens with one attached hydrogen (secondary N) is 2. The van der Waals surface area contributed by atoms with E-state index in [0.29, 0.717) is 0 Å². The van der Waals surface area contributed by atoms with Gasteiger partial charge >= 0.3 is 0 Å². The van der Waals surface area contributed by atoms with Crippen LogP contribution in [0.3, 0.4) is 0 Å². The molecule has 2 aliphatic heterocycles. The van der Waals surface area contributed by atoms with Crippen molar-refractivity contribution < 1.29 is 0 Å². The average Bonchev–Trinajstić information content (AvgIpc) is 2.59. The fourth-order valence-electron chi connectivity index (χ4n) is 1.22. The monoisotopic (exact) mass is 137 g/mol. The van der Waals surface area contributed by atoms with Gasteiger partial charge < -0.3 is 15.5 Å². The molecule has 2 heterocycles. The molecule has 0 unspecified atom stereocenters. The zero-order valence-corrected chi connectivity index (χ0v) is 5.80. The van der Waals surface area contributed by atoms with Gasteiger partial charge in [0.2, 0.25) is 0 Å². The minimum absolute atomic E-state index is 0.924. The third kappa shape index (κ3) is 0.885. The Morgan fingerprint density at radius 1 is 1.50 bits per heavy atom. The Balaban J connectivity index is 2.04. The van der Waals surface area contributed by atoms with E-state index < -0.39 is 0 Å². The number of nitrogens with zero attached hydrogens (tertiary/aromatic N) is 1. The zero-order valence-electron chi connectivity index (χ0n) is 5.80. The predicted molar refractivity (Wildman–Crippen MR) is 39.9 cm³/mol. The van der Waals surface area contributed by atoms with Gasteiger partial charge in [0.15, 0.2) is 0 Å². The van der Waals surface area contributed by atoms with E-state index in [1.54, 1.807) is 0 Å². The first-order valence-electron chi connectivity index (χ1n) is 3.53. The smallest absolute Gasteiger partial charge is 0.0913 e. The first kappa shape index (κ1) is 5.80. The molecule has 0 saturated carbocycles. The Bertz CT molecular complexity index is 183. The highest BCUT2D eigenvalue weighted by atomic mass is 15.3. The van der Waals surface area contributed by atoms with Gasteiger partial charge in [-0.15, -0.1) is 0 Å². The summed E-state index contributed by atoms with van der Waals surface area (Å²) in [6.45, 7) is 2.94. The van der Waals surface area contributed by atoms with Crippen LogP contribution in [0.25, 0.3) is 0 Å². The van der Waals surface area contributed by atoms with E-state index in [-0.39, 0.29) is 0 Å². The van der Waals surface area contributed by atoms with Crippen molar-refractivity contribution in [3.05, 3.63) is 24.2 Å². The molecule has 0 spiro atoms. The third-order valence-electron chi connectivity index (χ3n) is 1.79. The molecule has 0 atom stereocenters.